The van der Waals surface area contributed by atoms with Crippen molar-refractivity contribution in [2.24, 2.45) is 0 Å². The van der Waals surface area contributed by atoms with E-state index < -0.39 is 5.97 Å². The smallest absolute Gasteiger partial charge is 0.316 e. The predicted molar refractivity (Wildman–Crippen MR) is 101 cm³/mol. The van der Waals surface area contributed by atoms with Crippen LogP contribution in [0.5, 0.6) is 0 Å². The Morgan fingerprint density at radius 3 is 2.62 bits per heavy atom. The van der Waals surface area contributed by atoms with Gasteiger partial charge in [0.1, 0.15) is 0 Å². The Balaban J connectivity index is 1.86. The molecule has 0 saturated heterocycles. The van der Waals surface area contributed by atoms with E-state index in [2.05, 4.69) is 15.9 Å². The molecule has 2 aromatic carbocycles. The molecule has 0 aliphatic carbocycles. The number of aryl methyl sites for hydroxylation is 2. The van der Waals surface area contributed by atoms with Crippen molar-refractivity contribution in [2.75, 3.05) is 12.4 Å². The zero-order chi connectivity index (χ0) is 17.7. The molecule has 6 heteroatoms. The highest BCUT2D eigenvalue weighted by atomic mass is 79.9. The lowest BCUT2D eigenvalue weighted by atomic mass is 10.1. The molecule has 0 aromatic heterocycles. The first-order valence-corrected chi connectivity index (χ1v) is 9.36. The van der Waals surface area contributed by atoms with Crippen LogP contribution < -0.4 is 0 Å². The van der Waals surface area contributed by atoms with Crippen molar-refractivity contribution < 1.29 is 14.3 Å². The lowest BCUT2D eigenvalue weighted by Crippen LogP contribution is -2.15. The van der Waals surface area contributed by atoms with Gasteiger partial charge in [-0.15, -0.1) is 11.8 Å². The number of carbonyl (C=O) groups excluding carboxylic acids is 2. The molecule has 0 spiro atoms. The summed E-state index contributed by atoms with van der Waals surface area (Å²) in [5, 5.41) is 0.476. The average Bonchev–Trinajstić information content (AvgIpc) is 2.54. The second kappa shape index (κ2) is 8.70. The summed E-state index contributed by atoms with van der Waals surface area (Å²) in [4.78, 5) is 24.8. The number of esters is 1. The first-order valence-electron chi connectivity index (χ1n) is 7.20. The Morgan fingerprint density at radius 1 is 1.17 bits per heavy atom. The molecule has 2 aromatic rings. The maximum Gasteiger partial charge on any atom is 0.316 e. The maximum absolute atomic E-state index is 12.0. The highest BCUT2D eigenvalue weighted by Gasteiger charge is 2.12. The number of hydrogen-bond acceptors (Lipinski definition) is 4. The third-order valence-corrected chi connectivity index (χ3v) is 5.53. The molecule has 0 radical (unpaired) electrons. The second-order valence-electron chi connectivity index (χ2n) is 5.25. The summed E-state index contributed by atoms with van der Waals surface area (Å²) in [5.41, 5.74) is 2.62. The van der Waals surface area contributed by atoms with E-state index in [-0.39, 0.29) is 18.1 Å². The molecule has 3 nitrogen and oxygen atoms in total. The fourth-order valence-corrected chi connectivity index (χ4v) is 3.53. The average molecular weight is 428 g/mol. The largest absolute Gasteiger partial charge is 0.457 e. The van der Waals surface area contributed by atoms with Crippen molar-refractivity contribution in [1.29, 1.82) is 0 Å². The summed E-state index contributed by atoms with van der Waals surface area (Å²) in [5.74, 6) is -0.535. The van der Waals surface area contributed by atoms with Gasteiger partial charge in [-0.3, -0.25) is 9.59 Å². The maximum atomic E-state index is 12.0. The van der Waals surface area contributed by atoms with Crippen LogP contribution in [-0.4, -0.2) is 24.1 Å². The molecule has 0 unspecified atom stereocenters. The standard InChI is InChI=1S/C18H16BrClO3S/c1-11-7-17(12(2)6-15(11)19)24-10-18(22)23-9-16(21)13-4-3-5-14(20)8-13/h3-8H,9-10H2,1-2H3. The van der Waals surface area contributed by atoms with E-state index in [4.69, 9.17) is 16.3 Å². The van der Waals surface area contributed by atoms with E-state index in [0.717, 1.165) is 20.5 Å². The molecular formula is C18H16BrClO3S. The Kier molecular flexibility index (Phi) is 6.90. The molecule has 2 rings (SSSR count). The van der Waals surface area contributed by atoms with E-state index in [1.807, 2.05) is 26.0 Å². The minimum Gasteiger partial charge on any atom is -0.457 e. The minimum absolute atomic E-state index is 0.157. The quantitative estimate of drug-likeness (QED) is 0.359. The first-order chi connectivity index (χ1) is 11.4. The first kappa shape index (κ1) is 19.0. The third kappa shape index (κ3) is 5.36. The van der Waals surface area contributed by atoms with E-state index in [9.17, 15) is 9.59 Å². The van der Waals surface area contributed by atoms with E-state index in [1.165, 1.54) is 11.8 Å². The molecule has 0 bridgehead atoms. The van der Waals surface area contributed by atoms with Gasteiger partial charge in [0.15, 0.2) is 12.4 Å². The molecule has 24 heavy (non-hydrogen) atoms. The Morgan fingerprint density at radius 2 is 1.92 bits per heavy atom. The van der Waals surface area contributed by atoms with Crippen LogP contribution in [0.4, 0.5) is 0 Å². The van der Waals surface area contributed by atoms with Gasteiger partial charge in [0.05, 0.1) is 5.75 Å². The molecule has 0 N–H and O–H groups in total. The van der Waals surface area contributed by atoms with Gasteiger partial charge in [-0.1, -0.05) is 39.7 Å². The van der Waals surface area contributed by atoms with E-state index in [1.54, 1.807) is 24.3 Å². The summed E-state index contributed by atoms with van der Waals surface area (Å²) in [6.07, 6.45) is 0. The number of halogens is 2. The molecule has 0 aliphatic rings. The summed E-state index contributed by atoms with van der Waals surface area (Å²) < 4.78 is 6.09. The summed E-state index contributed by atoms with van der Waals surface area (Å²) in [7, 11) is 0. The van der Waals surface area contributed by atoms with Crippen LogP contribution >= 0.6 is 39.3 Å². The van der Waals surface area contributed by atoms with Crippen LogP contribution in [0.15, 0.2) is 45.8 Å². The molecule has 0 amide bonds. The Labute approximate surface area is 158 Å². The van der Waals surface area contributed by atoms with Crippen LogP contribution in [0, 0.1) is 13.8 Å². The van der Waals surface area contributed by atoms with Crippen LogP contribution in [0.25, 0.3) is 0 Å². The van der Waals surface area contributed by atoms with Crippen LogP contribution in [0.2, 0.25) is 5.02 Å². The predicted octanol–water partition coefficient (Wildman–Crippen LogP) is 5.24. The molecule has 0 saturated carbocycles. The van der Waals surface area contributed by atoms with Crippen molar-refractivity contribution in [3.8, 4) is 0 Å². The van der Waals surface area contributed by atoms with Gasteiger partial charge in [0.25, 0.3) is 0 Å². The highest BCUT2D eigenvalue weighted by Crippen LogP contribution is 2.28. The van der Waals surface area contributed by atoms with Gasteiger partial charge in [-0.05, 0) is 49.2 Å². The topological polar surface area (TPSA) is 43.4 Å². The number of ketones is 1. The molecule has 126 valence electrons. The number of carbonyl (C=O) groups is 2. The number of benzene rings is 2. The van der Waals surface area contributed by atoms with Crippen molar-refractivity contribution in [3.05, 3.63) is 62.6 Å². The fourth-order valence-electron chi connectivity index (χ4n) is 1.98. The number of rotatable bonds is 6. The lowest BCUT2D eigenvalue weighted by Gasteiger charge is -2.09. The fraction of sp³-hybridized carbons (Fsp3) is 0.222. The van der Waals surface area contributed by atoms with Gasteiger partial charge in [0, 0.05) is 20.0 Å². The highest BCUT2D eigenvalue weighted by molar-refractivity contribution is 9.10. The van der Waals surface area contributed by atoms with E-state index >= 15 is 0 Å². The van der Waals surface area contributed by atoms with Gasteiger partial charge >= 0.3 is 5.97 Å². The SMILES string of the molecule is Cc1cc(SCC(=O)OCC(=O)c2cccc(Cl)c2)c(C)cc1Br. The number of Topliss-reactive ketones (excluding diaryl/α,β-unsaturated/α-hetero) is 1. The van der Waals surface area contributed by atoms with Gasteiger partial charge < -0.3 is 4.74 Å². The third-order valence-electron chi connectivity index (χ3n) is 3.31. The second-order valence-corrected chi connectivity index (χ2v) is 7.56. The van der Waals surface area contributed by atoms with Crippen LogP contribution in [0.1, 0.15) is 21.5 Å². The van der Waals surface area contributed by atoms with Crippen molar-refractivity contribution in [2.45, 2.75) is 18.7 Å². The minimum atomic E-state index is -0.421. The van der Waals surface area contributed by atoms with Crippen LogP contribution in [-0.2, 0) is 9.53 Å². The monoisotopic (exact) mass is 426 g/mol. The van der Waals surface area contributed by atoms with Crippen LogP contribution in [0.3, 0.4) is 0 Å². The normalized spacial score (nSPS) is 10.5. The Hall–Kier alpha value is -1.30. The van der Waals surface area contributed by atoms with Gasteiger partial charge in [-0.25, -0.2) is 0 Å². The number of ether oxygens (including phenoxy) is 1. The zero-order valence-corrected chi connectivity index (χ0v) is 16.4. The number of hydrogen-bond donors (Lipinski definition) is 0. The molecule has 0 aliphatic heterocycles. The summed E-state index contributed by atoms with van der Waals surface area (Å²) >= 11 is 10.7. The number of thioether (sulfide) groups is 1. The van der Waals surface area contributed by atoms with E-state index in [0.29, 0.717) is 10.6 Å². The molecule has 0 fully saturated rings. The van der Waals surface area contributed by atoms with Gasteiger partial charge in [-0.2, -0.15) is 0 Å². The molecule has 0 heterocycles. The summed E-state index contributed by atoms with van der Waals surface area (Å²) in [6.45, 7) is 3.70. The lowest BCUT2D eigenvalue weighted by molar-refractivity contribution is -0.139. The Bertz CT molecular complexity index is 777. The van der Waals surface area contributed by atoms with Crippen molar-refractivity contribution in [3.63, 3.8) is 0 Å². The zero-order valence-electron chi connectivity index (χ0n) is 13.3. The van der Waals surface area contributed by atoms with Gasteiger partial charge in [0.2, 0.25) is 0 Å². The van der Waals surface area contributed by atoms with Crippen molar-refractivity contribution in [1.82, 2.24) is 0 Å². The molecular weight excluding hydrogens is 412 g/mol. The molecule has 0 atom stereocenters. The summed E-state index contributed by atoms with van der Waals surface area (Å²) in [6, 6.07) is 10.6. The van der Waals surface area contributed by atoms with Crippen molar-refractivity contribution >= 4 is 51.0 Å².